The number of carboxylic acid groups (broad SMARTS) is 1. The van der Waals surface area contributed by atoms with E-state index in [0.717, 1.165) is 12.8 Å². The highest BCUT2D eigenvalue weighted by Crippen LogP contribution is 2.01. The van der Waals surface area contributed by atoms with E-state index in [4.69, 9.17) is 5.11 Å². The predicted octanol–water partition coefficient (Wildman–Crippen LogP) is 1.84. The second kappa shape index (κ2) is 8.15. The minimum atomic E-state index is -1.01. The van der Waals surface area contributed by atoms with Crippen molar-refractivity contribution < 1.29 is 14.7 Å². The average Bonchev–Trinajstić information content (AvgIpc) is 2.20. The lowest BCUT2D eigenvalue weighted by atomic mass is 10.1. The SMILES string of the molecule is C=C(Br)CNC(=O)N[C@@H](CCCC)C(=O)O. The van der Waals surface area contributed by atoms with Gasteiger partial charge in [-0.2, -0.15) is 0 Å². The summed E-state index contributed by atoms with van der Waals surface area (Å²) < 4.78 is 0.628. The maximum absolute atomic E-state index is 11.3. The summed E-state index contributed by atoms with van der Waals surface area (Å²) in [7, 11) is 0. The second-order valence-electron chi connectivity index (χ2n) is 3.38. The molecule has 0 fully saturated rings. The van der Waals surface area contributed by atoms with E-state index in [0.29, 0.717) is 10.9 Å². The number of aliphatic carboxylic acids is 1. The van der Waals surface area contributed by atoms with Gasteiger partial charge in [0, 0.05) is 4.48 Å². The van der Waals surface area contributed by atoms with Crippen molar-refractivity contribution in [2.24, 2.45) is 0 Å². The number of rotatable bonds is 7. The monoisotopic (exact) mass is 292 g/mol. The summed E-state index contributed by atoms with van der Waals surface area (Å²) in [5.74, 6) is -1.01. The van der Waals surface area contributed by atoms with Crippen molar-refractivity contribution in [1.82, 2.24) is 10.6 Å². The van der Waals surface area contributed by atoms with E-state index >= 15 is 0 Å². The number of unbranched alkanes of at least 4 members (excludes halogenated alkanes) is 1. The molecule has 6 heteroatoms. The standard InChI is InChI=1S/C10H17BrN2O3/c1-3-4-5-8(9(14)15)13-10(16)12-6-7(2)11/h8H,2-6H2,1H3,(H,14,15)(H2,12,13,16)/t8-/m0/s1. The minimum absolute atomic E-state index is 0.270. The fourth-order valence-electron chi connectivity index (χ4n) is 1.05. The highest BCUT2D eigenvalue weighted by atomic mass is 79.9. The van der Waals surface area contributed by atoms with Crippen molar-refractivity contribution in [2.75, 3.05) is 6.54 Å². The van der Waals surface area contributed by atoms with E-state index in [2.05, 4.69) is 33.1 Å². The molecule has 0 unspecified atom stereocenters. The van der Waals surface area contributed by atoms with Gasteiger partial charge in [-0.25, -0.2) is 9.59 Å². The molecule has 0 rings (SSSR count). The fourth-order valence-corrected chi connectivity index (χ4v) is 1.19. The first-order valence-electron chi connectivity index (χ1n) is 5.07. The van der Waals surface area contributed by atoms with Gasteiger partial charge >= 0.3 is 12.0 Å². The molecular weight excluding hydrogens is 276 g/mol. The molecule has 0 saturated carbocycles. The Morgan fingerprint density at radius 3 is 2.56 bits per heavy atom. The molecule has 0 aliphatic carbocycles. The molecule has 0 spiro atoms. The number of hydrogen-bond donors (Lipinski definition) is 3. The van der Waals surface area contributed by atoms with Crippen molar-refractivity contribution in [3.8, 4) is 0 Å². The highest BCUT2D eigenvalue weighted by Gasteiger charge is 2.18. The van der Waals surface area contributed by atoms with Gasteiger partial charge in [-0.3, -0.25) is 0 Å². The number of carbonyl (C=O) groups excluding carboxylic acids is 1. The van der Waals surface area contributed by atoms with Crippen LogP contribution in [0.2, 0.25) is 0 Å². The minimum Gasteiger partial charge on any atom is -0.480 e. The Morgan fingerprint density at radius 2 is 2.12 bits per heavy atom. The summed E-state index contributed by atoms with van der Waals surface area (Å²) in [5, 5.41) is 13.7. The summed E-state index contributed by atoms with van der Waals surface area (Å²) in [4.78, 5) is 22.1. The number of amides is 2. The van der Waals surface area contributed by atoms with E-state index in [1.807, 2.05) is 6.92 Å². The van der Waals surface area contributed by atoms with E-state index in [-0.39, 0.29) is 6.54 Å². The van der Waals surface area contributed by atoms with Gasteiger partial charge in [0.15, 0.2) is 0 Å². The van der Waals surface area contributed by atoms with Gasteiger partial charge in [0.1, 0.15) is 6.04 Å². The Bertz CT molecular complexity index is 269. The van der Waals surface area contributed by atoms with Gasteiger partial charge in [0.25, 0.3) is 0 Å². The first-order valence-corrected chi connectivity index (χ1v) is 5.87. The zero-order chi connectivity index (χ0) is 12.6. The number of nitrogens with one attached hydrogen (secondary N) is 2. The number of carboxylic acids is 1. The molecule has 0 aliphatic heterocycles. The Morgan fingerprint density at radius 1 is 1.50 bits per heavy atom. The molecule has 1 atom stereocenters. The molecule has 16 heavy (non-hydrogen) atoms. The summed E-state index contributed by atoms with van der Waals surface area (Å²) >= 11 is 3.09. The first-order chi connectivity index (χ1) is 7.47. The van der Waals surface area contributed by atoms with E-state index < -0.39 is 18.0 Å². The molecule has 0 heterocycles. The third-order valence-electron chi connectivity index (χ3n) is 1.89. The van der Waals surface area contributed by atoms with Crippen LogP contribution in [0.4, 0.5) is 4.79 Å². The lowest BCUT2D eigenvalue weighted by molar-refractivity contribution is -0.139. The van der Waals surface area contributed by atoms with Crippen LogP contribution in [0.3, 0.4) is 0 Å². The van der Waals surface area contributed by atoms with Crippen LogP contribution in [-0.2, 0) is 4.79 Å². The van der Waals surface area contributed by atoms with Gasteiger partial charge in [-0.05, 0) is 6.42 Å². The van der Waals surface area contributed by atoms with Crippen molar-refractivity contribution in [1.29, 1.82) is 0 Å². The molecule has 0 saturated heterocycles. The van der Waals surface area contributed by atoms with Crippen molar-refractivity contribution in [2.45, 2.75) is 32.2 Å². The van der Waals surface area contributed by atoms with Gasteiger partial charge in [0.05, 0.1) is 6.54 Å². The molecule has 3 N–H and O–H groups in total. The normalized spacial score (nSPS) is 11.6. The van der Waals surface area contributed by atoms with Gasteiger partial charge < -0.3 is 15.7 Å². The molecule has 92 valence electrons. The zero-order valence-corrected chi connectivity index (χ0v) is 10.8. The summed E-state index contributed by atoms with van der Waals surface area (Å²) in [6.45, 7) is 5.78. The van der Waals surface area contributed by atoms with Crippen LogP contribution >= 0.6 is 15.9 Å². The van der Waals surface area contributed by atoms with Gasteiger partial charge in [0.2, 0.25) is 0 Å². The topological polar surface area (TPSA) is 78.4 Å². The highest BCUT2D eigenvalue weighted by molar-refractivity contribution is 9.11. The molecule has 0 aromatic heterocycles. The van der Waals surface area contributed by atoms with Crippen molar-refractivity contribution in [3.63, 3.8) is 0 Å². The first kappa shape index (κ1) is 15.0. The van der Waals surface area contributed by atoms with Gasteiger partial charge in [-0.1, -0.05) is 42.3 Å². The number of carbonyl (C=O) groups is 2. The molecule has 0 aromatic rings. The predicted molar refractivity (Wildman–Crippen MR) is 65.6 cm³/mol. The third kappa shape index (κ3) is 7.28. The second-order valence-corrected chi connectivity index (χ2v) is 4.50. The Balaban J connectivity index is 4.02. The van der Waals surface area contributed by atoms with Crippen LogP contribution in [0.5, 0.6) is 0 Å². The van der Waals surface area contributed by atoms with Crippen LogP contribution in [0.25, 0.3) is 0 Å². The lowest BCUT2D eigenvalue weighted by Crippen LogP contribution is -2.46. The quantitative estimate of drug-likeness (QED) is 0.670. The molecule has 0 aliphatic rings. The Kier molecular flexibility index (Phi) is 7.62. The van der Waals surface area contributed by atoms with Crippen LogP contribution in [-0.4, -0.2) is 29.7 Å². The molecule has 5 nitrogen and oxygen atoms in total. The number of urea groups is 1. The van der Waals surface area contributed by atoms with E-state index in [1.54, 1.807) is 0 Å². The van der Waals surface area contributed by atoms with E-state index in [9.17, 15) is 9.59 Å². The summed E-state index contributed by atoms with van der Waals surface area (Å²) in [6, 6.07) is -1.33. The molecule has 0 radical (unpaired) electrons. The van der Waals surface area contributed by atoms with Crippen molar-refractivity contribution in [3.05, 3.63) is 11.1 Å². The Hall–Kier alpha value is -1.04. The zero-order valence-electron chi connectivity index (χ0n) is 9.25. The van der Waals surface area contributed by atoms with Crippen LogP contribution in [0.1, 0.15) is 26.2 Å². The summed E-state index contributed by atoms with van der Waals surface area (Å²) in [5.41, 5.74) is 0. The molecular formula is C10H17BrN2O3. The molecule has 0 aromatic carbocycles. The Labute approximate surface area is 103 Å². The maximum atomic E-state index is 11.3. The third-order valence-corrected chi connectivity index (χ3v) is 2.17. The van der Waals surface area contributed by atoms with Crippen LogP contribution in [0.15, 0.2) is 11.1 Å². The molecule has 0 bridgehead atoms. The van der Waals surface area contributed by atoms with Crippen LogP contribution in [0, 0.1) is 0 Å². The number of halogens is 1. The smallest absolute Gasteiger partial charge is 0.326 e. The van der Waals surface area contributed by atoms with E-state index in [1.165, 1.54) is 0 Å². The largest absolute Gasteiger partial charge is 0.480 e. The maximum Gasteiger partial charge on any atom is 0.326 e. The van der Waals surface area contributed by atoms with Gasteiger partial charge in [-0.15, -0.1) is 0 Å². The summed E-state index contributed by atoms with van der Waals surface area (Å²) in [6.07, 6.45) is 2.10. The molecule has 2 amide bonds. The number of hydrogen-bond acceptors (Lipinski definition) is 2. The lowest BCUT2D eigenvalue weighted by Gasteiger charge is -2.14. The average molecular weight is 293 g/mol. The fraction of sp³-hybridized carbons (Fsp3) is 0.600. The van der Waals surface area contributed by atoms with Crippen LogP contribution < -0.4 is 10.6 Å². The van der Waals surface area contributed by atoms with Crippen molar-refractivity contribution >= 4 is 27.9 Å².